The summed E-state index contributed by atoms with van der Waals surface area (Å²) >= 11 is 3.26. The molecule has 0 radical (unpaired) electrons. The Morgan fingerprint density at radius 1 is 1.15 bits per heavy atom. The molecule has 176 valence electrons. The summed E-state index contributed by atoms with van der Waals surface area (Å²) in [5.74, 6) is 2.39. The van der Waals surface area contributed by atoms with Crippen LogP contribution < -0.4 is 10.1 Å². The first kappa shape index (κ1) is 22.9. The van der Waals surface area contributed by atoms with Gasteiger partial charge in [-0.05, 0) is 56.2 Å². The molecule has 1 fully saturated rings. The van der Waals surface area contributed by atoms with Gasteiger partial charge in [0.1, 0.15) is 5.75 Å². The van der Waals surface area contributed by atoms with E-state index in [2.05, 4.69) is 56.7 Å². The molecule has 1 saturated heterocycles. The Kier molecular flexibility index (Phi) is 7.13. The second-order valence-corrected chi connectivity index (χ2v) is 10.0. The van der Waals surface area contributed by atoms with Crippen molar-refractivity contribution >= 4 is 33.9 Å². The fraction of sp³-hybridized carbons (Fsp3) is 0.320. The highest BCUT2D eigenvalue weighted by molar-refractivity contribution is 7.98. The van der Waals surface area contributed by atoms with Gasteiger partial charge in [0.2, 0.25) is 0 Å². The number of aryl methyl sites for hydroxylation is 1. The van der Waals surface area contributed by atoms with Gasteiger partial charge in [-0.25, -0.2) is 4.98 Å². The minimum atomic E-state index is 0.192. The number of hydrogen-bond acceptors (Lipinski definition) is 8. The number of thiazole rings is 1. The predicted molar refractivity (Wildman–Crippen MR) is 137 cm³/mol. The third kappa shape index (κ3) is 5.43. The molecular formula is C25H27N5O2S2. The molecule has 0 bridgehead atoms. The molecule has 1 atom stereocenters. The van der Waals surface area contributed by atoms with E-state index in [-0.39, 0.29) is 6.10 Å². The van der Waals surface area contributed by atoms with Crippen LogP contribution >= 0.6 is 23.1 Å². The van der Waals surface area contributed by atoms with Crippen LogP contribution in [0.2, 0.25) is 0 Å². The molecule has 1 unspecified atom stereocenters. The van der Waals surface area contributed by atoms with Gasteiger partial charge in [-0.3, -0.25) is 4.57 Å². The van der Waals surface area contributed by atoms with Crippen LogP contribution in [0.4, 0.5) is 10.8 Å². The summed E-state index contributed by atoms with van der Waals surface area (Å²) in [6.07, 6.45) is 2.35. The van der Waals surface area contributed by atoms with E-state index in [4.69, 9.17) is 14.5 Å². The van der Waals surface area contributed by atoms with Crippen molar-refractivity contribution in [3.8, 4) is 17.1 Å². The molecule has 0 spiro atoms. The number of benzene rings is 2. The highest BCUT2D eigenvalue weighted by Gasteiger charge is 2.22. The molecule has 1 aliphatic rings. The van der Waals surface area contributed by atoms with E-state index in [9.17, 15) is 0 Å². The number of aromatic nitrogens is 4. The Bertz CT molecular complexity index is 1220. The third-order valence-corrected chi connectivity index (χ3v) is 7.49. The minimum Gasteiger partial charge on any atom is -0.497 e. The summed E-state index contributed by atoms with van der Waals surface area (Å²) in [5.41, 5.74) is 4.31. The van der Waals surface area contributed by atoms with Crippen molar-refractivity contribution in [2.24, 2.45) is 0 Å². The lowest BCUT2D eigenvalue weighted by atomic mass is 10.2. The van der Waals surface area contributed by atoms with E-state index in [1.807, 2.05) is 24.3 Å². The molecule has 3 heterocycles. The molecule has 1 N–H and O–H groups in total. The fourth-order valence-corrected chi connectivity index (χ4v) is 5.51. The van der Waals surface area contributed by atoms with Gasteiger partial charge < -0.3 is 14.8 Å². The minimum absolute atomic E-state index is 0.192. The van der Waals surface area contributed by atoms with Crippen LogP contribution in [0.3, 0.4) is 0 Å². The first-order valence-electron chi connectivity index (χ1n) is 11.3. The first-order chi connectivity index (χ1) is 16.7. The molecule has 0 aliphatic carbocycles. The quantitative estimate of drug-likeness (QED) is 0.290. The maximum absolute atomic E-state index is 5.91. The maximum Gasteiger partial charge on any atom is 0.191 e. The second kappa shape index (κ2) is 10.6. The number of thioether (sulfide) groups is 1. The van der Waals surface area contributed by atoms with Gasteiger partial charge >= 0.3 is 0 Å². The van der Waals surface area contributed by atoms with Crippen LogP contribution in [0.5, 0.6) is 5.75 Å². The summed E-state index contributed by atoms with van der Waals surface area (Å²) in [4.78, 5) is 4.75. The second-order valence-electron chi connectivity index (χ2n) is 8.20. The molecule has 0 saturated carbocycles. The molecule has 34 heavy (non-hydrogen) atoms. The van der Waals surface area contributed by atoms with Gasteiger partial charge in [0.15, 0.2) is 16.1 Å². The molecular weight excluding hydrogens is 466 g/mol. The van der Waals surface area contributed by atoms with E-state index in [0.717, 1.165) is 70.6 Å². The molecule has 0 amide bonds. The zero-order valence-corrected chi connectivity index (χ0v) is 20.9. The molecule has 4 aromatic rings. The van der Waals surface area contributed by atoms with Crippen LogP contribution in [0.1, 0.15) is 24.1 Å². The number of methoxy groups -OCH3 is 1. The fourth-order valence-electron chi connectivity index (χ4n) is 3.84. The van der Waals surface area contributed by atoms with Gasteiger partial charge in [0.05, 0.1) is 25.5 Å². The maximum atomic E-state index is 5.91. The number of hydrogen-bond donors (Lipinski definition) is 1. The van der Waals surface area contributed by atoms with Crippen LogP contribution in [0.25, 0.3) is 11.4 Å². The van der Waals surface area contributed by atoms with Crippen molar-refractivity contribution in [3.05, 3.63) is 65.2 Å². The number of nitrogens with zero attached hydrogens (tertiary/aromatic N) is 4. The van der Waals surface area contributed by atoms with Crippen molar-refractivity contribution < 1.29 is 9.47 Å². The lowest BCUT2D eigenvalue weighted by molar-refractivity contribution is 0.0953. The Morgan fingerprint density at radius 3 is 2.71 bits per heavy atom. The molecule has 7 nitrogen and oxygen atoms in total. The van der Waals surface area contributed by atoms with Gasteiger partial charge in [-0.2, -0.15) is 0 Å². The Hall–Kier alpha value is -2.88. The molecule has 9 heteroatoms. The third-order valence-electron chi connectivity index (χ3n) is 5.68. The Labute approximate surface area is 207 Å². The average Bonchev–Trinajstić information content (AvgIpc) is 3.62. The van der Waals surface area contributed by atoms with Crippen molar-refractivity contribution in [2.75, 3.05) is 19.0 Å². The van der Waals surface area contributed by atoms with Crippen molar-refractivity contribution in [1.29, 1.82) is 0 Å². The van der Waals surface area contributed by atoms with Gasteiger partial charge in [0, 0.05) is 29.0 Å². The normalized spacial score (nSPS) is 15.5. The zero-order valence-electron chi connectivity index (χ0n) is 19.2. The topological polar surface area (TPSA) is 74.1 Å². The lowest BCUT2D eigenvalue weighted by Gasteiger charge is -2.14. The SMILES string of the molecule is COc1ccc(-c2nnc(SCc3csc(Nc4ccc(C)cc4)n3)n2CC2CCCO2)cc1. The Morgan fingerprint density at radius 2 is 1.97 bits per heavy atom. The van der Waals surface area contributed by atoms with Crippen LogP contribution in [-0.2, 0) is 17.0 Å². The van der Waals surface area contributed by atoms with Gasteiger partial charge in [-0.15, -0.1) is 21.5 Å². The predicted octanol–water partition coefficient (Wildman–Crippen LogP) is 5.93. The van der Waals surface area contributed by atoms with E-state index in [0.29, 0.717) is 0 Å². The Balaban J connectivity index is 1.31. The van der Waals surface area contributed by atoms with Gasteiger partial charge in [-0.1, -0.05) is 29.5 Å². The number of ether oxygens (including phenoxy) is 2. The molecule has 2 aromatic carbocycles. The average molecular weight is 494 g/mol. The smallest absolute Gasteiger partial charge is 0.191 e. The van der Waals surface area contributed by atoms with E-state index in [1.165, 1.54) is 5.56 Å². The molecule has 5 rings (SSSR count). The van der Waals surface area contributed by atoms with Crippen LogP contribution in [0, 0.1) is 6.92 Å². The van der Waals surface area contributed by atoms with Crippen molar-refractivity contribution in [1.82, 2.24) is 19.7 Å². The zero-order chi connectivity index (χ0) is 23.3. The largest absolute Gasteiger partial charge is 0.497 e. The van der Waals surface area contributed by atoms with E-state index in [1.54, 1.807) is 30.2 Å². The number of rotatable bonds is 9. The van der Waals surface area contributed by atoms with Crippen LogP contribution in [-0.4, -0.2) is 39.6 Å². The summed E-state index contributed by atoms with van der Waals surface area (Å²) in [6, 6.07) is 16.3. The van der Waals surface area contributed by atoms with Crippen molar-refractivity contribution in [2.45, 2.75) is 43.3 Å². The lowest BCUT2D eigenvalue weighted by Crippen LogP contribution is -2.16. The summed E-state index contributed by atoms with van der Waals surface area (Å²) in [5, 5.41) is 16.3. The highest BCUT2D eigenvalue weighted by Crippen LogP contribution is 2.30. The van der Waals surface area contributed by atoms with Gasteiger partial charge in [0.25, 0.3) is 0 Å². The number of nitrogens with one attached hydrogen (secondary N) is 1. The summed E-state index contributed by atoms with van der Waals surface area (Å²) in [6.45, 7) is 3.65. The van der Waals surface area contributed by atoms with E-state index < -0.39 is 0 Å². The monoisotopic (exact) mass is 493 g/mol. The summed E-state index contributed by atoms with van der Waals surface area (Å²) < 4.78 is 13.4. The highest BCUT2D eigenvalue weighted by atomic mass is 32.2. The molecule has 2 aromatic heterocycles. The standard InChI is InChI=1S/C25H27N5O2S2/c1-17-5-9-19(10-6-17)26-24-27-20(15-33-24)16-34-25-29-28-23(18-7-11-21(31-2)12-8-18)30(25)14-22-4-3-13-32-22/h5-12,15,22H,3-4,13-14,16H2,1-2H3,(H,26,27). The van der Waals surface area contributed by atoms with Crippen LogP contribution in [0.15, 0.2) is 59.1 Å². The van der Waals surface area contributed by atoms with E-state index >= 15 is 0 Å². The van der Waals surface area contributed by atoms with Crippen molar-refractivity contribution in [3.63, 3.8) is 0 Å². The molecule has 1 aliphatic heterocycles. The summed E-state index contributed by atoms with van der Waals surface area (Å²) in [7, 11) is 1.67. The number of anilines is 2. The first-order valence-corrected chi connectivity index (χ1v) is 13.1.